The van der Waals surface area contributed by atoms with Crippen LogP contribution in [0.5, 0.6) is 0 Å². The van der Waals surface area contributed by atoms with Crippen LogP contribution in [0.15, 0.2) is 18.6 Å². The fraction of sp³-hybridized carbons (Fsp3) is 0.684. The molecule has 2 amide bonds. The maximum absolute atomic E-state index is 12.7. The Morgan fingerprint density at radius 1 is 1.15 bits per heavy atom. The van der Waals surface area contributed by atoms with E-state index in [9.17, 15) is 9.59 Å². The average Bonchev–Trinajstić information content (AvgIpc) is 2.73. The number of carbonyl (C=O) groups is 2. The standard InChI is InChI=1S/C19H31N5O3/c1-3-22-11-13-23(14-12-22)18(25)6-10-24(9-5-15-27-4-2)19(26)17-16-20-7-8-21-17/h7-8,16H,3-6,9-15H2,1-2H3. The Hall–Kier alpha value is -2.06. The molecule has 0 bridgehead atoms. The lowest BCUT2D eigenvalue weighted by molar-refractivity contribution is -0.133. The second-order valence-corrected chi connectivity index (χ2v) is 6.50. The van der Waals surface area contributed by atoms with Gasteiger partial charge in [0.25, 0.3) is 5.91 Å². The Morgan fingerprint density at radius 3 is 2.56 bits per heavy atom. The molecule has 150 valence electrons. The van der Waals surface area contributed by atoms with Crippen molar-refractivity contribution in [3.05, 3.63) is 24.3 Å². The molecular weight excluding hydrogens is 346 g/mol. The summed E-state index contributed by atoms with van der Waals surface area (Å²) in [5, 5.41) is 0. The van der Waals surface area contributed by atoms with Crippen molar-refractivity contribution in [2.45, 2.75) is 26.7 Å². The van der Waals surface area contributed by atoms with Gasteiger partial charge in [0.2, 0.25) is 5.91 Å². The zero-order chi connectivity index (χ0) is 19.5. The van der Waals surface area contributed by atoms with Gasteiger partial charge in [-0.15, -0.1) is 0 Å². The summed E-state index contributed by atoms with van der Waals surface area (Å²) in [4.78, 5) is 39.3. The highest BCUT2D eigenvalue weighted by molar-refractivity contribution is 5.92. The zero-order valence-corrected chi connectivity index (χ0v) is 16.5. The molecule has 1 aliphatic heterocycles. The molecule has 27 heavy (non-hydrogen) atoms. The molecule has 0 unspecified atom stereocenters. The molecule has 0 aliphatic carbocycles. The lowest BCUT2D eigenvalue weighted by atomic mass is 10.2. The largest absolute Gasteiger partial charge is 0.382 e. The van der Waals surface area contributed by atoms with Crippen molar-refractivity contribution in [3.63, 3.8) is 0 Å². The van der Waals surface area contributed by atoms with E-state index in [1.807, 2.05) is 11.8 Å². The van der Waals surface area contributed by atoms with E-state index in [1.165, 1.54) is 18.6 Å². The van der Waals surface area contributed by atoms with Crippen molar-refractivity contribution < 1.29 is 14.3 Å². The van der Waals surface area contributed by atoms with Crippen LogP contribution < -0.4 is 0 Å². The summed E-state index contributed by atoms with van der Waals surface area (Å²) in [6.07, 6.45) is 5.55. The van der Waals surface area contributed by atoms with Crippen LogP contribution in [0, 0.1) is 0 Å². The van der Waals surface area contributed by atoms with Gasteiger partial charge in [-0.1, -0.05) is 6.92 Å². The second kappa shape index (κ2) is 11.6. The van der Waals surface area contributed by atoms with Crippen molar-refractivity contribution in [3.8, 4) is 0 Å². The van der Waals surface area contributed by atoms with Crippen LogP contribution in [0.3, 0.4) is 0 Å². The highest BCUT2D eigenvalue weighted by Gasteiger charge is 2.22. The molecule has 0 spiro atoms. The number of likely N-dealkylation sites (N-methyl/N-ethyl adjacent to an activating group) is 1. The highest BCUT2D eigenvalue weighted by Crippen LogP contribution is 2.07. The maximum atomic E-state index is 12.7. The molecule has 0 saturated carbocycles. The van der Waals surface area contributed by atoms with Crippen LogP contribution in [0.25, 0.3) is 0 Å². The first-order chi connectivity index (χ1) is 13.2. The molecule has 0 N–H and O–H groups in total. The van der Waals surface area contributed by atoms with Crippen LogP contribution in [-0.4, -0.2) is 95.5 Å². The average molecular weight is 377 g/mol. The number of hydrogen-bond acceptors (Lipinski definition) is 6. The lowest BCUT2D eigenvalue weighted by Gasteiger charge is -2.34. The minimum atomic E-state index is -0.191. The Kier molecular flexibility index (Phi) is 9.13. The van der Waals surface area contributed by atoms with Crippen molar-refractivity contribution >= 4 is 11.8 Å². The first kappa shape index (κ1) is 21.2. The van der Waals surface area contributed by atoms with E-state index < -0.39 is 0 Å². The molecule has 1 aliphatic rings. The van der Waals surface area contributed by atoms with E-state index in [1.54, 1.807) is 4.90 Å². The predicted octanol–water partition coefficient (Wildman–Crippen LogP) is 0.900. The third-order valence-electron chi connectivity index (χ3n) is 4.76. The molecule has 1 fully saturated rings. The van der Waals surface area contributed by atoms with E-state index in [4.69, 9.17) is 4.74 Å². The monoisotopic (exact) mass is 377 g/mol. The van der Waals surface area contributed by atoms with Gasteiger partial charge in [0.1, 0.15) is 5.69 Å². The van der Waals surface area contributed by atoms with E-state index in [0.29, 0.717) is 38.4 Å². The molecule has 0 aromatic carbocycles. The number of nitrogens with zero attached hydrogens (tertiary/aromatic N) is 5. The van der Waals surface area contributed by atoms with Gasteiger partial charge in [0.05, 0.1) is 6.20 Å². The van der Waals surface area contributed by atoms with Gasteiger partial charge < -0.3 is 19.4 Å². The summed E-state index contributed by atoms with van der Waals surface area (Å²) >= 11 is 0. The number of carbonyl (C=O) groups excluding carboxylic acids is 2. The predicted molar refractivity (Wildman–Crippen MR) is 102 cm³/mol. The topological polar surface area (TPSA) is 78.9 Å². The van der Waals surface area contributed by atoms with Crippen LogP contribution in [0.2, 0.25) is 0 Å². The molecule has 1 saturated heterocycles. The highest BCUT2D eigenvalue weighted by atomic mass is 16.5. The van der Waals surface area contributed by atoms with Gasteiger partial charge in [0.15, 0.2) is 0 Å². The lowest BCUT2D eigenvalue weighted by Crippen LogP contribution is -2.49. The molecule has 1 aromatic rings. The van der Waals surface area contributed by atoms with Crippen molar-refractivity contribution in [1.82, 2.24) is 24.7 Å². The Bertz CT molecular complexity index is 576. The maximum Gasteiger partial charge on any atom is 0.274 e. The molecule has 2 heterocycles. The van der Waals surface area contributed by atoms with Gasteiger partial charge in [0, 0.05) is 71.3 Å². The molecule has 0 radical (unpaired) electrons. The Morgan fingerprint density at radius 2 is 1.93 bits per heavy atom. The summed E-state index contributed by atoms with van der Waals surface area (Å²) in [5.41, 5.74) is 0.304. The van der Waals surface area contributed by atoms with E-state index >= 15 is 0 Å². The van der Waals surface area contributed by atoms with Crippen LogP contribution in [-0.2, 0) is 9.53 Å². The third-order valence-corrected chi connectivity index (χ3v) is 4.76. The van der Waals surface area contributed by atoms with Crippen LogP contribution >= 0.6 is 0 Å². The van der Waals surface area contributed by atoms with Gasteiger partial charge in [-0.3, -0.25) is 14.6 Å². The van der Waals surface area contributed by atoms with E-state index in [0.717, 1.165) is 39.1 Å². The Balaban J connectivity index is 1.89. The summed E-state index contributed by atoms with van der Waals surface area (Å²) in [5.74, 6) is -0.0873. The summed E-state index contributed by atoms with van der Waals surface area (Å²) < 4.78 is 5.37. The first-order valence-electron chi connectivity index (χ1n) is 9.78. The van der Waals surface area contributed by atoms with E-state index in [-0.39, 0.29) is 11.8 Å². The normalized spacial score (nSPS) is 15.0. The summed E-state index contributed by atoms with van der Waals surface area (Å²) in [7, 11) is 0. The quantitative estimate of drug-likeness (QED) is 0.564. The van der Waals surface area contributed by atoms with Gasteiger partial charge >= 0.3 is 0 Å². The van der Waals surface area contributed by atoms with Crippen LogP contribution in [0.4, 0.5) is 0 Å². The second-order valence-electron chi connectivity index (χ2n) is 6.50. The van der Waals surface area contributed by atoms with Crippen molar-refractivity contribution in [1.29, 1.82) is 0 Å². The fourth-order valence-electron chi connectivity index (χ4n) is 3.09. The summed E-state index contributed by atoms with van der Waals surface area (Å²) in [6, 6.07) is 0. The van der Waals surface area contributed by atoms with Crippen molar-refractivity contribution in [2.24, 2.45) is 0 Å². The SMILES string of the molecule is CCOCCCN(CCC(=O)N1CCN(CC)CC1)C(=O)c1cnccn1. The molecular formula is C19H31N5O3. The van der Waals surface area contributed by atoms with Crippen LogP contribution in [0.1, 0.15) is 37.2 Å². The number of hydrogen-bond donors (Lipinski definition) is 0. The Labute approximate surface area is 161 Å². The zero-order valence-electron chi connectivity index (χ0n) is 16.5. The molecule has 8 heteroatoms. The van der Waals surface area contributed by atoms with Gasteiger partial charge in [-0.25, -0.2) is 4.98 Å². The fourth-order valence-corrected chi connectivity index (χ4v) is 3.09. The number of aromatic nitrogens is 2. The first-order valence-corrected chi connectivity index (χ1v) is 9.78. The van der Waals surface area contributed by atoms with Gasteiger partial charge in [-0.05, 0) is 19.9 Å². The molecule has 8 nitrogen and oxygen atoms in total. The molecule has 1 aromatic heterocycles. The minimum Gasteiger partial charge on any atom is -0.382 e. The summed E-state index contributed by atoms with van der Waals surface area (Å²) in [6.45, 7) is 10.6. The number of piperazine rings is 1. The number of rotatable bonds is 10. The smallest absolute Gasteiger partial charge is 0.274 e. The molecule has 0 atom stereocenters. The number of ether oxygens (including phenoxy) is 1. The minimum absolute atomic E-state index is 0.104. The third kappa shape index (κ3) is 6.88. The molecule has 2 rings (SSSR count). The van der Waals surface area contributed by atoms with Crippen molar-refractivity contribution in [2.75, 3.05) is 59.0 Å². The number of amides is 2. The van der Waals surface area contributed by atoms with Gasteiger partial charge in [-0.2, -0.15) is 0 Å². The van der Waals surface area contributed by atoms with E-state index in [2.05, 4.69) is 21.8 Å².